The van der Waals surface area contributed by atoms with E-state index >= 15 is 0 Å². The predicted octanol–water partition coefficient (Wildman–Crippen LogP) is 2.21. The van der Waals surface area contributed by atoms with Gasteiger partial charge in [0, 0.05) is 6.21 Å². The summed E-state index contributed by atoms with van der Waals surface area (Å²) in [5.74, 6) is -0.289. The van der Waals surface area contributed by atoms with Gasteiger partial charge in [-0.3, -0.25) is 10.3 Å². The smallest absolute Gasteiger partial charge is 0.315 e. The highest BCUT2D eigenvalue weighted by molar-refractivity contribution is 5.77. The average Bonchev–Trinajstić information content (AvgIpc) is 2.47. The molecule has 1 atom stereocenters. The first-order chi connectivity index (χ1) is 10.1. The molecular weight excluding hydrogens is 271 g/mol. The lowest BCUT2D eigenvalue weighted by Crippen LogP contribution is -2.38. The summed E-state index contributed by atoms with van der Waals surface area (Å²) < 4.78 is 12.8. The number of rotatable bonds is 8. The van der Waals surface area contributed by atoms with E-state index in [-0.39, 0.29) is 17.9 Å². The minimum absolute atomic E-state index is 0.186. The van der Waals surface area contributed by atoms with Crippen molar-refractivity contribution in [2.75, 3.05) is 19.8 Å². The van der Waals surface area contributed by atoms with Crippen LogP contribution in [-0.2, 0) is 0 Å². The summed E-state index contributed by atoms with van der Waals surface area (Å²) in [5, 5.41) is 8.59. The van der Waals surface area contributed by atoms with E-state index in [1.807, 2.05) is 6.92 Å². The average molecular weight is 294 g/mol. The van der Waals surface area contributed by atoms with Crippen molar-refractivity contribution < 1.29 is 9.18 Å². The third-order valence-corrected chi connectivity index (χ3v) is 2.83. The van der Waals surface area contributed by atoms with Crippen molar-refractivity contribution in [3.05, 3.63) is 35.6 Å². The van der Waals surface area contributed by atoms with E-state index < -0.39 is 0 Å². The number of carbonyl (C=O) groups is 1. The van der Waals surface area contributed by atoms with Gasteiger partial charge in [0.05, 0.1) is 19.3 Å². The number of aliphatic imine (C=N–C) groups is 1. The molecule has 0 fully saturated rings. The van der Waals surface area contributed by atoms with Crippen LogP contribution in [0.15, 0.2) is 29.3 Å². The number of halogens is 1. The Morgan fingerprint density at radius 2 is 2.10 bits per heavy atom. The van der Waals surface area contributed by atoms with Crippen LogP contribution < -0.4 is 16.0 Å². The number of hydrogen-bond acceptors (Lipinski definition) is 3. The first-order valence-corrected chi connectivity index (χ1v) is 7.12. The molecule has 2 amide bonds. The third kappa shape index (κ3) is 7.41. The lowest BCUT2D eigenvalue weighted by Gasteiger charge is -2.14. The van der Waals surface area contributed by atoms with Crippen molar-refractivity contribution in [3.63, 3.8) is 0 Å². The lowest BCUT2D eigenvalue weighted by molar-refractivity contribution is 0.239. The van der Waals surface area contributed by atoms with Crippen LogP contribution in [0.4, 0.5) is 9.18 Å². The Bertz CT molecular complexity index is 447. The van der Waals surface area contributed by atoms with Gasteiger partial charge in [-0.05, 0) is 37.6 Å². The molecule has 0 saturated heterocycles. The summed E-state index contributed by atoms with van der Waals surface area (Å²) in [7, 11) is 0. The number of urea groups is 1. The normalized spacial score (nSPS) is 12.3. The molecule has 3 N–H and O–H groups in total. The molecule has 0 aliphatic rings. The van der Waals surface area contributed by atoms with Gasteiger partial charge >= 0.3 is 6.03 Å². The minimum Gasteiger partial charge on any atom is -0.333 e. The summed E-state index contributed by atoms with van der Waals surface area (Å²) in [6, 6.07) is 5.60. The van der Waals surface area contributed by atoms with Gasteiger partial charge < -0.3 is 10.6 Å². The first-order valence-electron chi connectivity index (χ1n) is 7.12. The number of hydrogen-bond donors (Lipinski definition) is 3. The second-order valence-electron chi connectivity index (χ2n) is 4.65. The van der Waals surface area contributed by atoms with Gasteiger partial charge in [-0.1, -0.05) is 19.1 Å². The second-order valence-corrected chi connectivity index (χ2v) is 4.65. The van der Waals surface area contributed by atoms with Crippen molar-refractivity contribution in [2.24, 2.45) is 4.99 Å². The SMILES string of the molecule is CCCNCN=CCNC(=O)NC(C)c1ccc(F)cc1. The Labute approximate surface area is 125 Å². The summed E-state index contributed by atoms with van der Waals surface area (Å²) in [6.45, 7) is 5.79. The zero-order chi connectivity index (χ0) is 15.5. The predicted molar refractivity (Wildman–Crippen MR) is 83.0 cm³/mol. The molecule has 116 valence electrons. The molecule has 0 aliphatic carbocycles. The topological polar surface area (TPSA) is 65.5 Å². The van der Waals surface area contributed by atoms with Crippen molar-refractivity contribution in [1.29, 1.82) is 0 Å². The van der Waals surface area contributed by atoms with Crippen molar-refractivity contribution in [3.8, 4) is 0 Å². The number of benzene rings is 1. The molecule has 0 aliphatic heterocycles. The Kier molecular flexibility index (Phi) is 8.04. The van der Waals surface area contributed by atoms with E-state index in [9.17, 15) is 9.18 Å². The quantitative estimate of drug-likeness (QED) is 0.508. The van der Waals surface area contributed by atoms with Crippen LogP contribution in [0.25, 0.3) is 0 Å². The number of nitrogens with one attached hydrogen (secondary N) is 3. The molecule has 6 heteroatoms. The van der Waals surface area contributed by atoms with Crippen LogP contribution in [0.5, 0.6) is 0 Å². The molecule has 1 aromatic carbocycles. The largest absolute Gasteiger partial charge is 0.333 e. The van der Waals surface area contributed by atoms with Crippen LogP contribution in [0.3, 0.4) is 0 Å². The Hall–Kier alpha value is -1.95. The molecule has 0 saturated carbocycles. The summed E-state index contributed by atoms with van der Waals surface area (Å²) in [5.41, 5.74) is 0.851. The molecule has 0 heterocycles. The maximum Gasteiger partial charge on any atom is 0.315 e. The zero-order valence-corrected chi connectivity index (χ0v) is 12.5. The van der Waals surface area contributed by atoms with Crippen LogP contribution in [0, 0.1) is 5.82 Å². The number of carbonyl (C=O) groups excluding carboxylic acids is 1. The van der Waals surface area contributed by atoms with E-state index in [1.165, 1.54) is 12.1 Å². The highest BCUT2D eigenvalue weighted by Crippen LogP contribution is 2.12. The Morgan fingerprint density at radius 1 is 1.38 bits per heavy atom. The van der Waals surface area contributed by atoms with Gasteiger partial charge in [0.2, 0.25) is 0 Å². The summed E-state index contributed by atoms with van der Waals surface area (Å²) >= 11 is 0. The highest BCUT2D eigenvalue weighted by Gasteiger charge is 2.08. The third-order valence-electron chi connectivity index (χ3n) is 2.83. The van der Waals surface area contributed by atoms with Gasteiger partial charge in [0.1, 0.15) is 5.82 Å². The lowest BCUT2D eigenvalue weighted by atomic mass is 10.1. The van der Waals surface area contributed by atoms with E-state index in [1.54, 1.807) is 18.3 Å². The fraction of sp³-hybridized carbons (Fsp3) is 0.467. The highest BCUT2D eigenvalue weighted by atomic mass is 19.1. The van der Waals surface area contributed by atoms with Gasteiger partial charge in [0.25, 0.3) is 0 Å². The molecule has 1 aromatic rings. The van der Waals surface area contributed by atoms with Crippen molar-refractivity contribution >= 4 is 12.2 Å². The molecule has 0 radical (unpaired) electrons. The molecule has 1 rings (SSSR count). The second kappa shape index (κ2) is 9.88. The van der Waals surface area contributed by atoms with Crippen molar-refractivity contribution in [1.82, 2.24) is 16.0 Å². The number of nitrogens with zero attached hydrogens (tertiary/aromatic N) is 1. The van der Waals surface area contributed by atoms with Gasteiger partial charge in [0.15, 0.2) is 0 Å². The van der Waals surface area contributed by atoms with E-state index in [0.29, 0.717) is 13.2 Å². The fourth-order valence-corrected chi connectivity index (χ4v) is 1.67. The number of amides is 2. The maximum atomic E-state index is 12.8. The molecule has 1 unspecified atom stereocenters. The summed E-state index contributed by atoms with van der Waals surface area (Å²) in [4.78, 5) is 15.8. The standard InChI is InChI=1S/C15H23FN4O/c1-3-8-17-11-18-9-10-19-15(21)20-12(2)13-4-6-14(16)7-5-13/h4-7,9,12,17H,3,8,10-11H2,1-2H3,(H2,19,20,21). The molecule has 21 heavy (non-hydrogen) atoms. The fourth-order valence-electron chi connectivity index (χ4n) is 1.67. The van der Waals surface area contributed by atoms with Crippen molar-refractivity contribution in [2.45, 2.75) is 26.3 Å². The van der Waals surface area contributed by atoms with Gasteiger partial charge in [-0.2, -0.15) is 0 Å². The van der Waals surface area contributed by atoms with E-state index in [0.717, 1.165) is 18.5 Å². The van der Waals surface area contributed by atoms with Crippen LogP contribution in [-0.4, -0.2) is 32.0 Å². The minimum atomic E-state index is -0.289. The molecule has 0 spiro atoms. The zero-order valence-electron chi connectivity index (χ0n) is 12.5. The maximum absolute atomic E-state index is 12.8. The first kappa shape index (κ1) is 17.1. The Morgan fingerprint density at radius 3 is 2.76 bits per heavy atom. The molecule has 0 aromatic heterocycles. The van der Waals surface area contributed by atoms with Gasteiger partial charge in [-0.15, -0.1) is 0 Å². The van der Waals surface area contributed by atoms with Crippen LogP contribution in [0.1, 0.15) is 31.9 Å². The van der Waals surface area contributed by atoms with E-state index in [2.05, 4.69) is 27.9 Å². The summed E-state index contributed by atoms with van der Waals surface area (Å²) in [6.07, 6.45) is 2.72. The van der Waals surface area contributed by atoms with E-state index in [4.69, 9.17) is 0 Å². The van der Waals surface area contributed by atoms with Crippen LogP contribution >= 0.6 is 0 Å². The van der Waals surface area contributed by atoms with Gasteiger partial charge in [-0.25, -0.2) is 9.18 Å². The molecule has 5 nitrogen and oxygen atoms in total. The Balaban J connectivity index is 2.22. The monoisotopic (exact) mass is 294 g/mol. The molecule has 0 bridgehead atoms. The molecular formula is C15H23FN4O. The van der Waals surface area contributed by atoms with Crippen LogP contribution in [0.2, 0.25) is 0 Å².